The van der Waals surface area contributed by atoms with E-state index >= 15 is 0 Å². The van der Waals surface area contributed by atoms with Crippen molar-refractivity contribution in [2.75, 3.05) is 7.11 Å². The highest BCUT2D eigenvalue weighted by Crippen LogP contribution is 2.32. The summed E-state index contributed by atoms with van der Waals surface area (Å²) in [6.45, 7) is -0.0833. The number of rotatable bonds is 4. The fourth-order valence-electron chi connectivity index (χ4n) is 1.98. The van der Waals surface area contributed by atoms with E-state index in [9.17, 15) is 18.0 Å². The van der Waals surface area contributed by atoms with E-state index in [0.717, 1.165) is 6.07 Å². The zero-order chi connectivity index (χ0) is 15.5. The van der Waals surface area contributed by atoms with Gasteiger partial charge < -0.3 is 9.30 Å². The fraction of sp³-hybridized carbons (Fsp3) is 0.286. The van der Waals surface area contributed by atoms with Gasteiger partial charge in [0.25, 0.3) is 0 Å². The van der Waals surface area contributed by atoms with Crippen molar-refractivity contribution >= 4 is 5.97 Å². The van der Waals surface area contributed by atoms with Gasteiger partial charge in [0.05, 0.1) is 12.7 Å². The van der Waals surface area contributed by atoms with Gasteiger partial charge in [0.2, 0.25) is 0 Å². The maximum atomic E-state index is 12.9. The summed E-state index contributed by atoms with van der Waals surface area (Å²) in [6, 6.07) is 5.31. The predicted molar refractivity (Wildman–Crippen MR) is 68.5 cm³/mol. The van der Waals surface area contributed by atoms with E-state index in [0.29, 0.717) is 5.82 Å². The molecule has 1 aromatic carbocycles. The molecule has 0 N–H and O–H groups in total. The molecule has 1 aromatic heterocycles. The lowest BCUT2D eigenvalue weighted by Gasteiger charge is -2.13. The van der Waals surface area contributed by atoms with E-state index in [4.69, 9.17) is 0 Å². The number of carbonyl (C=O) groups is 1. The Bertz CT molecular complexity index is 635. The van der Waals surface area contributed by atoms with Gasteiger partial charge in [0.15, 0.2) is 0 Å². The number of hydrogen-bond acceptors (Lipinski definition) is 3. The summed E-state index contributed by atoms with van der Waals surface area (Å²) in [7, 11) is 1.25. The average molecular weight is 298 g/mol. The van der Waals surface area contributed by atoms with Gasteiger partial charge in [-0.3, -0.25) is 4.79 Å². The summed E-state index contributed by atoms with van der Waals surface area (Å²) in [5.41, 5.74) is -0.583. The molecule has 2 aromatic rings. The molecule has 0 fully saturated rings. The lowest BCUT2D eigenvalue weighted by Crippen LogP contribution is -2.15. The minimum absolute atomic E-state index is 0.0142. The van der Waals surface area contributed by atoms with Crippen molar-refractivity contribution < 1.29 is 22.7 Å². The average Bonchev–Trinajstić information content (AvgIpc) is 2.85. The van der Waals surface area contributed by atoms with Crippen molar-refractivity contribution in [1.29, 1.82) is 0 Å². The van der Waals surface area contributed by atoms with Crippen LogP contribution >= 0.6 is 0 Å². The molecular formula is C14H13F3N2O2. The molecule has 21 heavy (non-hydrogen) atoms. The van der Waals surface area contributed by atoms with E-state index in [2.05, 4.69) is 9.72 Å². The van der Waals surface area contributed by atoms with Crippen molar-refractivity contribution in [2.24, 2.45) is 0 Å². The number of methoxy groups -OCH3 is 1. The Kier molecular flexibility index (Phi) is 4.30. The molecule has 1 heterocycles. The highest BCUT2D eigenvalue weighted by atomic mass is 19.4. The molecule has 0 saturated carbocycles. The first-order valence-corrected chi connectivity index (χ1v) is 6.13. The number of esters is 1. The third kappa shape index (κ3) is 3.62. The van der Waals surface area contributed by atoms with Gasteiger partial charge in [0.1, 0.15) is 12.4 Å². The quantitative estimate of drug-likeness (QED) is 0.815. The van der Waals surface area contributed by atoms with E-state index in [-0.39, 0.29) is 18.5 Å². The summed E-state index contributed by atoms with van der Waals surface area (Å²) in [5.74, 6) is -0.115. The third-order valence-corrected chi connectivity index (χ3v) is 3.00. The van der Waals surface area contributed by atoms with Gasteiger partial charge >= 0.3 is 12.1 Å². The van der Waals surface area contributed by atoms with Crippen LogP contribution in [0.25, 0.3) is 0 Å². The van der Waals surface area contributed by atoms with E-state index < -0.39 is 17.7 Å². The zero-order valence-electron chi connectivity index (χ0n) is 11.2. The molecule has 112 valence electrons. The van der Waals surface area contributed by atoms with E-state index in [1.54, 1.807) is 0 Å². The van der Waals surface area contributed by atoms with Gasteiger partial charge in [-0.15, -0.1) is 0 Å². The first kappa shape index (κ1) is 15.1. The number of carbonyl (C=O) groups excluding carboxylic acids is 1. The molecule has 0 aliphatic heterocycles. The topological polar surface area (TPSA) is 44.1 Å². The predicted octanol–water partition coefficient (Wildman–Crippen LogP) is 2.67. The van der Waals surface area contributed by atoms with Crippen LogP contribution in [-0.4, -0.2) is 22.6 Å². The normalized spacial score (nSPS) is 11.4. The highest BCUT2D eigenvalue weighted by Gasteiger charge is 2.33. The molecule has 0 bridgehead atoms. The van der Waals surface area contributed by atoms with Gasteiger partial charge in [-0.2, -0.15) is 13.2 Å². The van der Waals surface area contributed by atoms with Gasteiger partial charge in [-0.05, 0) is 11.6 Å². The number of aromatic nitrogens is 2. The van der Waals surface area contributed by atoms with Crippen LogP contribution in [-0.2, 0) is 28.7 Å². The lowest BCUT2D eigenvalue weighted by molar-refractivity contribution is -0.141. The zero-order valence-corrected chi connectivity index (χ0v) is 11.2. The van der Waals surface area contributed by atoms with Crippen LogP contribution in [0.3, 0.4) is 0 Å². The summed E-state index contributed by atoms with van der Waals surface area (Å²) in [4.78, 5) is 15.3. The SMILES string of the molecule is COC(=O)Cn1ccnc1Cc1ccccc1C(F)(F)F. The maximum absolute atomic E-state index is 12.9. The second kappa shape index (κ2) is 5.99. The standard InChI is InChI=1S/C14H13F3N2O2/c1-21-13(20)9-19-7-6-18-12(19)8-10-4-2-3-5-11(10)14(15,16)17/h2-7H,8-9H2,1H3. The summed E-state index contributed by atoms with van der Waals surface area (Å²) in [5, 5.41) is 0. The molecule has 0 unspecified atom stereocenters. The number of halogens is 3. The van der Waals surface area contributed by atoms with Crippen LogP contribution in [0.5, 0.6) is 0 Å². The van der Waals surface area contributed by atoms with Gasteiger partial charge in [-0.1, -0.05) is 18.2 Å². The van der Waals surface area contributed by atoms with Crippen LogP contribution in [0.1, 0.15) is 17.0 Å². The van der Waals surface area contributed by atoms with E-state index in [1.165, 1.54) is 42.3 Å². The van der Waals surface area contributed by atoms with Crippen molar-refractivity contribution in [2.45, 2.75) is 19.1 Å². The van der Waals surface area contributed by atoms with Crippen LogP contribution in [0.4, 0.5) is 13.2 Å². The summed E-state index contributed by atoms with van der Waals surface area (Å²) in [6.07, 6.45) is -1.47. The first-order valence-electron chi connectivity index (χ1n) is 6.13. The molecule has 4 nitrogen and oxygen atoms in total. The van der Waals surface area contributed by atoms with Crippen molar-refractivity contribution in [3.8, 4) is 0 Å². The summed E-state index contributed by atoms with van der Waals surface area (Å²) >= 11 is 0. The van der Waals surface area contributed by atoms with Crippen LogP contribution < -0.4 is 0 Å². The minimum Gasteiger partial charge on any atom is -0.468 e. The lowest BCUT2D eigenvalue weighted by atomic mass is 10.0. The Morgan fingerprint density at radius 1 is 1.33 bits per heavy atom. The number of benzene rings is 1. The molecule has 0 amide bonds. The van der Waals surface area contributed by atoms with Crippen LogP contribution in [0.2, 0.25) is 0 Å². The molecule has 0 aliphatic rings. The Balaban J connectivity index is 2.28. The van der Waals surface area contributed by atoms with Crippen molar-refractivity contribution in [3.05, 3.63) is 53.6 Å². The van der Waals surface area contributed by atoms with Crippen LogP contribution in [0.15, 0.2) is 36.7 Å². The maximum Gasteiger partial charge on any atom is 0.416 e. The van der Waals surface area contributed by atoms with Crippen molar-refractivity contribution in [1.82, 2.24) is 9.55 Å². The largest absolute Gasteiger partial charge is 0.468 e. The molecule has 2 rings (SSSR count). The summed E-state index contributed by atoms with van der Waals surface area (Å²) < 4.78 is 44.8. The first-order chi connectivity index (χ1) is 9.91. The van der Waals surface area contributed by atoms with E-state index in [1.807, 2.05) is 0 Å². The smallest absolute Gasteiger partial charge is 0.416 e. The Morgan fingerprint density at radius 2 is 2.05 bits per heavy atom. The minimum atomic E-state index is -4.42. The molecule has 0 atom stereocenters. The second-order valence-corrected chi connectivity index (χ2v) is 4.38. The number of alkyl halides is 3. The number of imidazole rings is 1. The molecule has 7 heteroatoms. The van der Waals surface area contributed by atoms with Gasteiger partial charge in [-0.25, -0.2) is 4.98 Å². The second-order valence-electron chi connectivity index (χ2n) is 4.38. The molecule has 0 radical (unpaired) electrons. The fourth-order valence-corrected chi connectivity index (χ4v) is 1.98. The monoisotopic (exact) mass is 298 g/mol. The van der Waals surface area contributed by atoms with Gasteiger partial charge in [0, 0.05) is 18.8 Å². The highest BCUT2D eigenvalue weighted by molar-refractivity contribution is 5.69. The number of hydrogen-bond donors (Lipinski definition) is 0. The molecular weight excluding hydrogens is 285 g/mol. The Morgan fingerprint density at radius 3 is 2.71 bits per heavy atom. The van der Waals surface area contributed by atoms with Crippen LogP contribution in [0, 0.1) is 0 Å². The Labute approximate surface area is 119 Å². The molecule has 0 saturated heterocycles. The molecule has 0 spiro atoms. The third-order valence-electron chi connectivity index (χ3n) is 3.00. The molecule has 0 aliphatic carbocycles. The number of nitrogens with zero attached hydrogens (tertiary/aromatic N) is 2. The number of ether oxygens (including phenoxy) is 1. The Hall–Kier alpha value is -2.31. The van der Waals surface area contributed by atoms with Crippen molar-refractivity contribution in [3.63, 3.8) is 0 Å².